The van der Waals surface area contributed by atoms with Crippen molar-refractivity contribution in [3.05, 3.63) is 29.8 Å². The lowest BCUT2D eigenvalue weighted by atomic mass is 9.79. The average molecular weight is 522 g/mol. The van der Waals surface area contributed by atoms with Crippen molar-refractivity contribution in [1.29, 1.82) is 0 Å². The molecule has 200 valence electrons. The summed E-state index contributed by atoms with van der Waals surface area (Å²) in [6, 6.07) is 7.87. The summed E-state index contributed by atoms with van der Waals surface area (Å²) in [4.78, 5) is 30.6. The van der Waals surface area contributed by atoms with Crippen molar-refractivity contribution in [3.8, 4) is 0 Å². The Bertz CT molecular complexity index is 957. The maximum absolute atomic E-state index is 12.7. The van der Waals surface area contributed by atoms with E-state index in [1.807, 2.05) is 34.1 Å². The van der Waals surface area contributed by atoms with Crippen LogP contribution in [0.2, 0.25) is 0 Å². The lowest BCUT2D eigenvalue weighted by Crippen LogP contribution is -2.59. The van der Waals surface area contributed by atoms with E-state index in [0.717, 1.165) is 48.8 Å². The maximum atomic E-state index is 12.7. The number of alkyl halides is 6. The van der Waals surface area contributed by atoms with Crippen molar-refractivity contribution in [3.63, 3.8) is 0 Å². The average Bonchev–Trinajstić information content (AvgIpc) is 3.21. The third-order valence-corrected chi connectivity index (χ3v) is 7.11. The molecule has 0 aliphatic carbocycles. The van der Waals surface area contributed by atoms with Crippen molar-refractivity contribution in [1.82, 2.24) is 14.7 Å². The summed E-state index contributed by atoms with van der Waals surface area (Å²) in [6.45, 7) is 5.77. The van der Waals surface area contributed by atoms with Crippen LogP contribution in [0.4, 0.5) is 36.8 Å². The van der Waals surface area contributed by atoms with Crippen molar-refractivity contribution in [2.45, 2.75) is 38.3 Å². The molecule has 3 fully saturated rings. The summed E-state index contributed by atoms with van der Waals surface area (Å²) in [5.74, 6) is 0.0785. The summed E-state index contributed by atoms with van der Waals surface area (Å²) in [7, 11) is 0. The molecule has 0 radical (unpaired) electrons. The predicted molar refractivity (Wildman–Crippen MR) is 117 cm³/mol. The highest BCUT2D eigenvalue weighted by Gasteiger charge is 2.60. The molecule has 0 bridgehead atoms. The minimum absolute atomic E-state index is 0.0445. The van der Waals surface area contributed by atoms with Gasteiger partial charge in [0, 0.05) is 76.9 Å². The number of ether oxygens (including phenoxy) is 1. The highest BCUT2D eigenvalue weighted by Crippen LogP contribution is 2.42. The molecular weight excluding hydrogens is 494 g/mol. The molecule has 7 nitrogen and oxygen atoms in total. The maximum Gasteiger partial charge on any atom is 0.434 e. The molecule has 4 rings (SSSR count). The van der Waals surface area contributed by atoms with Gasteiger partial charge in [-0.1, -0.05) is 18.2 Å². The monoisotopic (exact) mass is 522 g/mol. The topological polar surface area (TPSA) is 56.3 Å². The number of carbonyl (C=O) groups is 2. The second-order valence-corrected chi connectivity index (χ2v) is 9.79. The number of nitrogens with zero attached hydrogens (tertiary/aromatic N) is 4. The summed E-state index contributed by atoms with van der Waals surface area (Å²) >= 11 is 0. The second-order valence-electron chi connectivity index (χ2n) is 9.79. The number of anilines is 1. The van der Waals surface area contributed by atoms with Gasteiger partial charge in [0.1, 0.15) is 0 Å². The summed E-state index contributed by atoms with van der Waals surface area (Å²) in [6.07, 6.45) is -16.3. The van der Waals surface area contributed by atoms with Gasteiger partial charge in [-0.3, -0.25) is 9.69 Å². The van der Waals surface area contributed by atoms with Gasteiger partial charge >= 0.3 is 18.4 Å². The number of hydrogen-bond donors (Lipinski definition) is 0. The molecular formula is C23H28F6N4O3. The van der Waals surface area contributed by atoms with E-state index in [1.165, 1.54) is 0 Å². The van der Waals surface area contributed by atoms with Gasteiger partial charge in [0.05, 0.1) is 0 Å². The van der Waals surface area contributed by atoms with Gasteiger partial charge in [-0.15, -0.1) is 0 Å². The third kappa shape index (κ3) is 5.65. The molecule has 3 aliphatic heterocycles. The van der Waals surface area contributed by atoms with Crippen LogP contribution in [0.25, 0.3) is 0 Å². The summed E-state index contributed by atoms with van der Waals surface area (Å²) in [5.41, 5.74) is 2.22. The number of rotatable bonds is 4. The van der Waals surface area contributed by atoms with Crippen LogP contribution < -0.4 is 4.90 Å². The van der Waals surface area contributed by atoms with E-state index in [0.29, 0.717) is 6.54 Å². The van der Waals surface area contributed by atoms with Crippen LogP contribution in [0, 0.1) is 5.41 Å². The van der Waals surface area contributed by atoms with E-state index in [1.54, 1.807) is 6.92 Å². The minimum Gasteiger partial charge on any atom is -0.426 e. The zero-order valence-corrected chi connectivity index (χ0v) is 19.7. The van der Waals surface area contributed by atoms with Gasteiger partial charge in [-0.2, -0.15) is 26.3 Å². The van der Waals surface area contributed by atoms with Gasteiger partial charge in [-0.05, 0) is 18.1 Å². The first-order chi connectivity index (χ1) is 16.8. The van der Waals surface area contributed by atoms with Crippen molar-refractivity contribution in [2.75, 3.05) is 57.3 Å². The Morgan fingerprint density at radius 2 is 1.53 bits per heavy atom. The predicted octanol–water partition coefficient (Wildman–Crippen LogP) is 3.49. The van der Waals surface area contributed by atoms with Gasteiger partial charge in [-0.25, -0.2) is 4.79 Å². The van der Waals surface area contributed by atoms with E-state index in [4.69, 9.17) is 0 Å². The summed E-state index contributed by atoms with van der Waals surface area (Å²) < 4.78 is 80.0. The molecule has 13 heteroatoms. The molecule has 2 amide bonds. The van der Waals surface area contributed by atoms with E-state index >= 15 is 0 Å². The number of hydrogen-bond acceptors (Lipinski definition) is 5. The number of carbonyl (C=O) groups excluding carboxylic acids is 2. The Morgan fingerprint density at radius 3 is 2.11 bits per heavy atom. The lowest BCUT2D eigenvalue weighted by molar-refractivity contribution is -0.308. The molecule has 0 saturated carbocycles. The highest BCUT2D eigenvalue weighted by atomic mass is 19.4. The molecule has 0 N–H and O–H groups in total. The molecule has 3 heterocycles. The molecule has 0 unspecified atom stereocenters. The molecule has 0 atom stereocenters. The van der Waals surface area contributed by atoms with Crippen LogP contribution in [0.5, 0.6) is 0 Å². The van der Waals surface area contributed by atoms with Crippen LogP contribution in [-0.2, 0) is 16.1 Å². The molecule has 3 saturated heterocycles. The molecule has 36 heavy (non-hydrogen) atoms. The van der Waals surface area contributed by atoms with Crippen molar-refractivity contribution in [2.24, 2.45) is 5.41 Å². The first-order valence-electron chi connectivity index (χ1n) is 11.7. The zero-order valence-electron chi connectivity index (χ0n) is 19.7. The van der Waals surface area contributed by atoms with Gasteiger partial charge in [0.25, 0.3) is 6.10 Å². The Hall–Kier alpha value is -2.70. The highest BCUT2D eigenvalue weighted by molar-refractivity contribution is 5.74. The van der Waals surface area contributed by atoms with Crippen LogP contribution >= 0.6 is 0 Å². The van der Waals surface area contributed by atoms with E-state index in [2.05, 4.69) is 9.64 Å². The minimum atomic E-state index is -5.74. The standard InChI is InChI=1S/C23H28F6N4O3/c1-16(34)33-14-21(15-33)6-7-32(13-21)18-5-3-2-4-17(18)12-30-8-10-31(11-9-30)20(35)36-19(22(24,25)26)23(27,28)29/h2-5,19H,6-15H2,1H3. The number of likely N-dealkylation sites (tertiary alicyclic amines) is 1. The molecule has 1 spiro atoms. The van der Waals surface area contributed by atoms with Gasteiger partial charge in [0.2, 0.25) is 5.91 Å². The Kier molecular flexibility index (Phi) is 7.06. The Morgan fingerprint density at radius 1 is 0.917 bits per heavy atom. The van der Waals surface area contributed by atoms with Gasteiger partial charge in [0.15, 0.2) is 0 Å². The second kappa shape index (κ2) is 9.64. The number of benzene rings is 1. The molecule has 0 aromatic heterocycles. The number of para-hydroxylation sites is 1. The third-order valence-electron chi connectivity index (χ3n) is 7.11. The van der Waals surface area contributed by atoms with E-state index < -0.39 is 24.5 Å². The fourth-order valence-electron chi connectivity index (χ4n) is 5.16. The first-order valence-corrected chi connectivity index (χ1v) is 11.7. The smallest absolute Gasteiger partial charge is 0.426 e. The zero-order chi connectivity index (χ0) is 26.3. The largest absolute Gasteiger partial charge is 0.434 e. The quantitative estimate of drug-likeness (QED) is 0.567. The normalized spacial score (nSPS) is 20.7. The fraction of sp³-hybridized carbons (Fsp3) is 0.652. The van der Waals surface area contributed by atoms with Gasteiger partial charge < -0.3 is 19.4 Å². The SMILES string of the molecule is CC(=O)N1CC2(CCN(c3ccccc3CN3CCN(C(=O)OC(C(F)(F)F)C(F)(F)F)CC3)C2)C1. The van der Waals surface area contributed by atoms with Crippen LogP contribution in [0.3, 0.4) is 0 Å². The van der Waals surface area contributed by atoms with Crippen LogP contribution in [0.1, 0.15) is 18.9 Å². The fourth-order valence-corrected chi connectivity index (χ4v) is 5.16. The molecule has 1 aromatic rings. The Balaban J connectivity index is 1.32. The van der Waals surface area contributed by atoms with E-state index in [-0.39, 0.29) is 37.5 Å². The van der Waals surface area contributed by atoms with Crippen molar-refractivity contribution < 1.29 is 40.7 Å². The first kappa shape index (κ1) is 26.4. The summed E-state index contributed by atoms with van der Waals surface area (Å²) in [5, 5.41) is 0. The Labute approximate surface area is 204 Å². The van der Waals surface area contributed by atoms with Crippen LogP contribution in [0.15, 0.2) is 24.3 Å². The number of halogens is 6. The number of piperazine rings is 1. The molecule has 1 aromatic carbocycles. The lowest BCUT2D eigenvalue weighted by Gasteiger charge is -2.47. The van der Waals surface area contributed by atoms with E-state index in [9.17, 15) is 35.9 Å². The van der Waals surface area contributed by atoms with Crippen molar-refractivity contribution >= 4 is 17.7 Å². The van der Waals surface area contributed by atoms with Crippen LogP contribution in [-0.4, -0.2) is 97.5 Å². The molecule has 3 aliphatic rings. The number of amides is 2.